The lowest BCUT2D eigenvalue weighted by Gasteiger charge is -2.35. The normalized spacial score (nSPS) is 19.9. The molecule has 23 heavy (non-hydrogen) atoms. The van der Waals surface area contributed by atoms with E-state index in [1.54, 1.807) is 0 Å². The van der Waals surface area contributed by atoms with Crippen molar-refractivity contribution in [2.75, 3.05) is 4.90 Å². The van der Waals surface area contributed by atoms with Crippen molar-refractivity contribution in [1.82, 2.24) is 0 Å². The van der Waals surface area contributed by atoms with Gasteiger partial charge in [-0.05, 0) is 50.8 Å². The van der Waals surface area contributed by atoms with E-state index in [9.17, 15) is 0 Å². The van der Waals surface area contributed by atoms with Crippen LogP contribution in [0.25, 0.3) is 0 Å². The van der Waals surface area contributed by atoms with E-state index in [0.29, 0.717) is 5.92 Å². The van der Waals surface area contributed by atoms with Gasteiger partial charge in [0.1, 0.15) is 11.5 Å². The first kappa shape index (κ1) is 14.2. The first-order valence-corrected chi connectivity index (χ1v) is 8.10. The maximum Gasteiger partial charge on any atom is 0.248 e. The molecule has 1 unspecified atom stereocenters. The average Bonchev–Trinajstić information content (AvgIpc) is 2.87. The molecule has 4 rings (SSSR count). The van der Waals surface area contributed by atoms with Gasteiger partial charge in [-0.15, -0.1) is 0 Å². The average molecular weight is 307 g/mol. The third-order valence-electron chi connectivity index (χ3n) is 4.77. The fourth-order valence-corrected chi connectivity index (χ4v) is 3.29. The Kier molecular flexibility index (Phi) is 3.12. The van der Waals surface area contributed by atoms with Crippen molar-refractivity contribution in [2.24, 2.45) is 5.92 Å². The molecule has 0 N–H and O–H groups in total. The Bertz CT molecular complexity index is 841. The molecule has 0 radical (unpaired) electrons. The van der Waals surface area contributed by atoms with E-state index in [1.165, 1.54) is 16.8 Å². The highest BCUT2D eigenvalue weighted by Gasteiger charge is 2.34. The topological polar surface area (TPSA) is 25.6 Å². The zero-order chi connectivity index (χ0) is 16.1. The van der Waals surface area contributed by atoms with Crippen molar-refractivity contribution in [1.29, 1.82) is 0 Å². The molecule has 3 heteroatoms. The number of allylic oxidation sites excluding steroid dienone is 3. The standard InChI is InChI=1S/C20H21NO2/c1-12-7-5-6-8-16(12)21-17-9-13(2)14(3)10-18(17)23-19-11-15(4)22-20(19)21/h5-8,10-11,13H,9H2,1-4H3. The summed E-state index contributed by atoms with van der Waals surface area (Å²) in [5.41, 5.74) is 4.91. The van der Waals surface area contributed by atoms with Crippen molar-refractivity contribution in [3.8, 4) is 5.75 Å². The van der Waals surface area contributed by atoms with Crippen molar-refractivity contribution in [3.63, 3.8) is 0 Å². The van der Waals surface area contributed by atoms with Crippen LogP contribution in [-0.2, 0) is 0 Å². The molecule has 2 heterocycles. The number of aryl methyl sites for hydroxylation is 2. The van der Waals surface area contributed by atoms with E-state index < -0.39 is 0 Å². The predicted octanol–water partition coefficient (Wildman–Crippen LogP) is 5.62. The lowest BCUT2D eigenvalue weighted by molar-refractivity contribution is 0.396. The summed E-state index contributed by atoms with van der Waals surface area (Å²) in [6.07, 6.45) is 3.12. The monoisotopic (exact) mass is 307 g/mol. The number of furan rings is 1. The summed E-state index contributed by atoms with van der Waals surface area (Å²) in [5.74, 6) is 3.89. The minimum Gasteiger partial charge on any atom is -0.450 e. The number of benzene rings is 1. The van der Waals surface area contributed by atoms with Crippen molar-refractivity contribution in [3.05, 3.63) is 64.8 Å². The molecular weight excluding hydrogens is 286 g/mol. The Morgan fingerprint density at radius 3 is 2.70 bits per heavy atom. The number of hydrogen-bond acceptors (Lipinski definition) is 3. The van der Waals surface area contributed by atoms with E-state index in [1.807, 2.05) is 13.0 Å². The van der Waals surface area contributed by atoms with E-state index in [2.05, 4.69) is 56.0 Å². The second-order valence-electron chi connectivity index (χ2n) is 6.55. The molecule has 3 nitrogen and oxygen atoms in total. The lowest BCUT2D eigenvalue weighted by atomic mass is 9.90. The van der Waals surface area contributed by atoms with Gasteiger partial charge in [-0.25, -0.2) is 0 Å². The van der Waals surface area contributed by atoms with Crippen LogP contribution in [0.5, 0.6) is 5.75 Å². The van der Waals surface area contributed by atoms with E-state index in [4.69, 9.17) is 9.15 Å². The molecule has 2 aliphatic rings. The van der Waals surface area contributed by atoms with Crippen molar-refractivity contribution >= 4 is 11.6 Å². The van der Waals surface area contributed by atoms with Crippen LogP contribution in [0.4, 0.5) is 11.6 Å². The zero-order valence-electron chi connectivity index (χ0n) is 14.0. The first-order valence-electron chi connectivity index (χ1n) is 8.10. The highest BCUT2D eigenvalue weighted by atomic mass is 16.5. The molecule has 2 aromatic rings. The predicted molar refractivity (Wildman–Crippen MR) is 92.0 cm³/mol. The Balaban J connectivity index is 1.94. The molecule has 1 atom stereocenters. The van der Waals surface area contributed by atoms with Crippen LogP contribution in [0.1, 0.15) is 31.6 Å². The number of para-hydroxylation sites is 1. The summed E-state index contributed by atoms with van der Waals surface area (Å²) in [4.78, 5) is 2.23. The van der Waals surface area contributed by atoms with Gasteiger partial charge < -0.3 is 9.15 Å². The van der Waals surface area contributed by atoms with Crippen LogP contribution in [0.2, 0.25) is 0 Å². The van der Waals surface area contributed by atoms with E-state index in [-0.39, 0.29) is 0 Å². The Morgan fingerprint density at radius 1 is 1.13 bits per heavy atom. The highest BCUT2D eigenvalue weighted by molar-refractivity contribution is 5.75. The van der Waals surface area contributed by atoms with Gasteiger partial charge in [-0.3, -0.25) is 4.90 Å². The fraction of sp³-hybridized carbons (Fsp3) is 0.300. The molecule has 0 amide bonds. The Hall–Kier alpha value is -2.42. The van der Waals surface area contributed by atoms with Gasteiger partial charge in [0, 0.05) is 6.07 Å². The van der Waals surface area contributed by atoms with Crippen molar-refractivity contribution in [2.45, 2.75) is 34.1 Å². The van der Waals surface area contributed by atoms with Crippen LogP contribution in [0.15, 0.2) is 57.9 Å². The molecule has 0 saturated carbocycles. The quantitative estimate of drug-likeness (QED) is 0.683. The third-order valence-corrected chi connectivity index (χ3v) is 4.77. The lowest BCUT2D eigenvalue weighted by Crippen LogP contribution is -2.27. The zero-order valence-corrected chi connectivity index (χ0v) is 14.0. The number of ether oxygens (including phenoxy) is 1. The second-order valence-corrected chi connectivity index (χ2v) is 6.55. The molecule has 0 saturated heterocycles. The van der Waals surface area contributed by atoms with E-state index >= 15 is 0 Å². The van der Waals surface area contributed by atoms with Crippen LogP contribution in [0.3, 0.4) is 0 Å². The number of anilines is 2. The van der Waals surface area contributed by atoms with Crippen LogP contribution < -0.4 is 9.64 Å². The minimum absolute atomic E-state index is 0.501. The van der Waals surface area contributed by atoms with Crippen molar-refractivity contribution < 1.29 is 9.15 Å². The first-order chi connectivity index (χ1) is 11.0. The van der Waals surface area contributed by atoms with Gasteiger partial charge in [0.05, 0.1) is 11.4 Å². The van der Waals surface area contributed by atoms with Gasteiger partial charge in [0.2, 0.25) is 5.88 Å². The molecule has 0 fully saturated rings. The molecule has 118 valence electrons. The summed E-state index contributed by atoms with van der Waals surface area (Å²) >= 11 is 0. The van der Waals surface area contributed by atoms with Gasteiger partial charge in [0.15, 0.2) is 5.75 Å². The molecule has 1 aromatic heterocycles. The molecule has 1 aromatic carbocycles. The number of fused-ring (bicyclic) bond motifs is 1. The number of hydrogen-bond donors (Lipinski definition) is 0. The molecule has 1 aliphatic heterocycles. The third kappa shape index (κ3) is 2.19. The molecule has 0 spiro atoms. The Morgan fingerprint density at radius 2 is 1.91 bits per heavy atom. The van der Waals surface area contributed by atoms with E-state index in [0.717, 1.165) is 35.3 Å². The molecule has 0 bridgehead atoms. The number of nitrogens with zero attached hydrogens (tertiary/aromatic N) is 1. The SMILES string of the molecule is CC1=CC2=C(CC1C)N(c1ccccc1C)c1oc(C)cc1O2. The summed E-state index contributed by atoms with van der Waals surface area (Å²) < 4.78 is 12.1. The van der Waals surface area contributed by atoms with Crippen LogP contribution >= 0.6 is 0 Å². The second kappa shape index (κ2) is 5.05. The summed E-state index contributed by atoms with van der Waals surface area (Å²) in [7, 11) is 0. The fourth-order valence-electron chi connectivity index (χ4n) is 3.29. The maximum atomic E-state index is 6.13. The Labute approximate surface area is 136 Å². The van der Waals surface area contributed by atoms with Crippen LogP contribution in [-0.4, -0.2) is 0 Å². The van der Waals surface area contributed by atoms with Gasteiger partial charge in [-0.2, -0.15) is 0 Å². The largest absolute Gasteiger partial charge is 0.450 e. The van der Waals surface area contributed by atoms with Crippen LogP contribution in [0, 0.1) is 19.8 Å². The smallest absolute Gasteiger partial charge is 0.248 e. The maximum absolute atomic E-state index is 6.13. The van der Waals surface area contributed by atoms with Gasteiger partial charge >= 0.3 is 0 Å². The molecular formula is C20H21NO2. The minimum atomic E-state index is 0.501. The number of rotatable bonds is 1. The highest BCUT2D eigenvalue weighted by Crippen LogP contribution is 2.48. The summed E-state index contributed by atoms with van der Waals surface area (Å²) in [5, 5.41) is 0. The van der Waals surface area contributed by atoms with Gasteiger partial charge in [-0.1, -0.05) is 30.7 Å². The van der Waals surface area contributed by atoms with Gasteiger partial charge in [0.25, 0.3) is 0 Å². The molecule has 1 aliphatic carbocycles. The summed E-state index contributed by atoms with van der Waals surface area (Å²) in [6, 6.07) is 10.4. The summed E-state index contributed by atoms with van der Waals surface area (Å²) in [6.45, 7) is 8.52.